The second kappa shape index (κ2) is 3.09. The molecule has 0 fully saturated rings. The van der Waals surface area contributed by atoms with E-state index in [9.17, 15) is 0 Å². The van der Waals surface area contributed by atoms with Crippen LogP contribution in [0.4, 0.5) is 5.69 Å². The van der Waals surface area contributed by atoms with Gasteiger partial charge < -0.3 is 10.5 Å². The summed E-state index contributed by atoms with van der Waals surface area (Å²) >= 11 is 3.28. The molecule has 2 N–H and O–H groups in total. The van der Waals surface area contributed by atoms with Gasteiger partial charge in [-0.3, -0.25) is 0 Å². The summed E-state index contributed by atoms with van der Waals surface area (Å²) in [5.41, 5.74) is 7.31. The maximum Gasteiger partial charge on any atom is 0.229 e. The minimum absolute atomic E-state index is 0.521. The van der Waals surface area contributed by atoms with Crippen molar-refractivity contribution < 1.29 is 4.74 Å². The highest BCUT2D eigenvalue weighted by molar-refractivity contribution is 9.10. The molecular weight excluding hydrogens is 208 g/mol. The lowest BCUT2D eigenvalue weighted by molar-refractivity contribution is 0.395. The van der Waals surface area contributed by atoms with E-state index >= 15 is 0 Å². The molecule has 0 aliphatic heterocycles. The highest BCUT2D eigenvalue weighted by atomic mass is 79.9. The molecule has 0 aliphatic carbocycles. The van der Waals surface area contributed by atoms with Crippen molar-refractivity contribution in [3.63, 3.8) is 0 Å². The third-order valence-corrected chi connectivity index (χ3v) is 2.18. The number of ether oxygens (including phenoxy) is 1. The van der Waals surface area contributed by atoms with Crippen LogP contribution in [-0.2, 0) is 0 Å². The van der Waals surface area contributed by atoms with Gasteiger partial charge in [0.15, 0.2) is 0 Å². The smallest absolute Gasteiger partial charge is 0.229 e. The molecule has 1 heterocycles. The quantitative estimate of drug-likeness (QED) is 0.779. The molecule has 0 spiro atoms. The highest BCUT2D eigenvalue weighted by Gasteiger charge is 2.06. The largest absolute Gasteiger partial charge is 0.480 e. The number of pyridine rings is 1. The van der Waals surface area contributed by atoms with Crippen LogP contribution in [0.15, 0.2) is 10.7 Å². The van der Waals surface area contributed by atoms with Crippen molar-refractivity contribution in [1.29, 1.82) is 0 Å². The predicted molar refractivity (Wildman–Crippen MR) is 47.6 cm³/mol. The summed E-state index contributed by atoms with van der Waals surface area (Å²) in [4.78, 5) is 4.01. The first kappa shape index (κ1) is 8.33. The summed E-state index contributed by atoms with van der Waals surface area (Å²) in [6, 6.07) is 0. The van der Waals surface area contributed by atoms with E-state index in [1.165, 1.54) is 0 Å². The summed E-state index contributed by atoms with van der Waals surface area (Å²) < 4.78 is 5.67. The predicted octanol–water partition coefficient (Wildman–Crippen LogP) is 1.74. The molecule has 0 aliphatic rings. The molecule has 0 saturated heterocycles. The lowest BCUT2D eigenvalue weighted by Gasteiger charge is -2.05. The molecule has 1 aromatic rings. The van der Waals surface area contributed by atoms with Gasteiger partial charge in [-0.15, -0.1) is 0 Å². The van der Waals surface area contributed by atoms with Crippen LogP contribution in [0.3, 0.4) is 0 Å². The maximum absolute atomic E-state index is 5.69. The van der Waals surface area contributed by atoms with Crippen molar-refractivity contribution in [2.24, 2.45) is 0 Å². The number of nitrogens with zero attached hydrogens (tertiary/aromatic N) is 1. The number of nitrogen functional groups attached to an aromatic ring is 1. The van der Waals surface area contributed by atoms with Gasteiger partial charge in [0.25, 0.3) is 0 Å². The third-order valence-electron chi connectivity index (χ3n) is 1.42. The topological polar surface area (TPSA) is 48.1 Å². The fourth-order valence-corrected chi connectivity index (χ4v) is 1.29. The van der Waals surface area contributed by atoms with E-state index < -0.39 is 0 Å². The van der Waals surface area contributed by atoms with Crippen molar-refractivity contribution in [3.8, 4) is 5.88 Å². The number of methoxy groups -OCH3 is 1. The Hall–Kier alpha value is -0.770. The van der Waals surface area contributed by atoms with Gasteiger partial charge in [0.05, 0.1) is 12.8 Å². The van der Waals surface area contributed by atoms with Crippen LogP contribution in [0.25, 0.3) is 0 Å². The molecule has 0 aromatic carbocycles. The van der Waals surface area contributed by atoms with Gasteiger partial charge >= 0.3 is 0 Å². The van der Waals surface area contributed by atoms with Crippen LogP contribution in [0.1, 0.15) is 5.56 Å². The van der Waals surface area contributed by atoms with Crippen molar-refractivity contribution in [3.05, 3.63) is 16.2 Å². The zero-order valence-corrected chi connectivity index (χ0v) is 7.97. The molecule has 0 unspecified atom stereocenters. The molecule has 0 radical (unpaired) electrons. The van der Waals surface area contributed by atoms with Gasteiger partial charge in [-0.2, -0.15) is 0 Å². The number of hydrogen-bond acceptors (Lipinski definition) is 3. The minimum atomic E-state index is 0.521. The maximum atomic E-state index is 5.69. The second-order valence-electron chi connectivity index (χ2n) is 2.18. The molecule has 1 aromatic heterocycles. The Balaban J connectivity index is 3.25. The number of anilines is 1. The normalized spacial score (nSPS) is 9.73. The summed E-state index contributed by atoms with van der Waals surface area (Å²) in [7, 11) is 1.56. The van der Waals surface area contributed by atoms with Gasteiger partial charge in [-0.05, 0) is 28.4 Å². The van der Waals surface area contributed by atoms with Crippen LogP contribution in [-0.4, -0.2) is 12.1 Å². The SMILES string of the molecule is COc1ncc(C)c(N)c1Br. The van der Waals surface area contributed by atoms with E-state index in [1.807, 2.05) is 6.92 Å². The molecular formula is C7H9BrN2O. The summed E-state index contributed by atoms with van der Waals surface area (Å²) in [5, 5.41) is 0. The molecule has 0 bridgehead atoms. The molecule has 4 heteroatoms. The van der Waals surface area contributed by atoms with E-state index in [4.69, 9.17) is 10.5 Å². The summed E-state index contributed by atoms with van der Waals surface area (Å²) in [6.45, 7) is 1.90. The average Bonchev–Trinajstić information content (AvgIpc) is 2.01. The van der Waals surface area contributed by atoms with Gasteiger partial charge in [0.2, 0.25) is 5.88 Å². The number of hydrogen-bond donors (Lipinski definition) is 1. The third kappa shape index (κ3) is 1.45. The van der Waals surface area contributed by atoms with E-state index in [-0.39, 0.29) is 0 Å². The number of halogens is 1. The van der Waals surface area contributed by atoms with Crippen molar-refractivity contribution >= 4 is 21.6 Å². The van der Waals surface area contributed by atoms with Crippen molar-refractivity contribution in [1.82, 2.24) is 4.98 Å². The van der Waals surface area contributed by atoms with Gasteiger partial charge in [0.1, 0.15) is 4.47 Å². The minimum Gasteiger partial charge on any atom is -0.480 e. The first-order valence-corrected chi connectivity index (χ1v) is 3.90. The van der Waals surface area contributed by atoms with Crippen LogP contribution in [0, 0.1) is 6.92 Å². The molecule has 1 rings (SSSR count). The number of nitrogens with two attached hydrogens (primary N) is 1. The first-order chi connectivity index (χ1) is 5.16. The van der Waals surface area contributed by atoms with Gasteiger partial charge in [-0.1, -0.05) is 0 Å². The zero-order valence-electron chi connectivity index (χ0n) is 6.39. The van der Waals surface area contributed by atoms with Gasteiger partial charge in [0, 0.05) is 6.20 Å². The van der Waals surface area contributed by atoms with Crippen LogP contribution >= 0.6 is 15.9 Å². The Morgan fingerprint density at radius 1 is 1.64 bits per heavy atom. The van der Waals surface area contributed by atoms with E-state index in [0.29, 0.717) is 11.6 Å². The fraction of sp³-hybridized carbons (Fsp3) is 0.286. The van der Waals surface area contributed by atoms with Gasteiger partial charge in [-0.25, -0.2) is 4.98 Å². The van der Waals surface area contributed by atoms with E-state index in [0.717, 1.165) is 10.0 Å². The Kier molecular flexibility index (Phi) is 2.34. The van der Waals surface area contributed by atoms with Crippen molar-refractivity contribution in [2.45, 2.75) is 6.92 Å². The van der Waals surface area contributed by atoms with Crippen molar-refractivity contribution in [2.75, 3.05) is 12.8 Å². The monoisotopic (exact) mass is 216 g/mol. The first-order valence-electron chi connectivity index (χ1n) is 3.11. The number of aromatic nitrogens is 1. The number of rotatable bonds is 1. The summed E-state index contributed by atoms with van der Waals surface area (Å²) in [6.07, 6.45) is 1.68. The lowest BCUT2D eigenvalue weighted by Crippen LogP contribution is -1.96. The molecule has 11 heavy (non-hydrogen) atoms. The summed E-state index contributed by atoms with van der Waals surface area (Å²) in [5.74, 6) is 0.521. The molecule has 3 nitrogen and oxygen atoms in total. The highest BCUT2D eigenvalue weighted by Crippen LogP contribution is 2.29. The fourth-order valence-electron chi connectivity index (χ4n) is 0.712. The number of aryl methyl sites for hydroxylation is 1. The Morgan fingerprint density at radius 3 is 2.82 bits per heavy atom. The molecule has 0 atom stereocenters. The average molecular weight is 217 g/mol. The van der Waals surface area contributed by atoms with E-state index in [2.05, 4.69) is 20.9 Å². The molecule has 60 valence electrons. The second-order valence-corrected chi connectivity index (χ2v) is 2.97. The van der Waals surface area contributed by atoms with Crippen LogP contribution < -0.4 is 10.5 Å². The zero-order chi connectivity index (χ0) is 8.43. The van der Waals surface area contributed by atoms with E-state index in [1.54, 1.807) is 13.3 Å². The van der Waals surface area contributed by atoms with Crippen LogP contribution in [0.5, 0.6) is 5.88 Å². The molecule has 0 amide bonds. The Morgan fingerprint density at radius 2 is 2.27 bits per heavy atom. The standard InChI is InChI=1S/C7H9BrN2O/c1-4-3-10-7(11-2)5(8)6(4)9/h3H,1-2H3,(H2,9,10). The Labute approximate surface area is 73.7 Å². The molecule has 0 saturated carbocycles. The Bertz CT molecular complexity index is 275. The lowest BCUT2D eigenvalue weighted by atomic mass is 10.3. The van der Waals surface area contributed by atoms with Crippen LogP contribution in [0.2, 0.25) is 0 Å².